The van der Waals surface area contributed by atoms with Crippen molar-refractivity contribution >= 4 is 23.1 Å². The number of nitrogens with zero attached hydrogens (tertiary/aromatic N) is 4. The second-order valence-corrected chi connectivity index (χ2v) is 11.4. The summed E-state index contributed by atoms with van der Waals surface area (Å²) in [5, 5.41) is 6.50. The summed E-state index contributed by atoms with van der Waals surface area (Å²) in [6, 6.07) is 15.3. The minimum atomic E-state index is -0.413. The van der Waals surface area contributed by atoms with Crippen molar-refractivity contribution in [2.24, 2.45) is 0 Å². The molecule has 2 aliphatic rings. The monoisotopic (exact) mass is 600 g/mol. The summed E-state index contributed by atoms with van der Waals surface area (Å²) < 4.78 is 19.0. The van der Waals surface area contributed by atoms with Gasteiger partial charge in [-0.1, -0.05) is 43.2 Å². The Morgan fingerprint density at radius 2 is 1.98 bits per heavy atom. The molecule has 44 heavy (non-hydrogen) atoms. The van der Waals surface area contributed by atoms with E-state index in [1.807, 2.05) is 60.4 Å². The summed E-state index contributed by atoms with van der Waals surface area (Å²) in [6.45, 7) is 6.34. The van der Waals surface area contributed by atoms with E-state index in [2.05, 4.69) is 20.2 Å². The van der Waals surface area contributed by atoms with Crippen LogP contribution in [0.5, 0.6) is 5.75 Å². The van der Waals surface area contributed by atoms with Gasteiger partial charge in [-0.3, -0.25) is 4.79 Å². The van der Waals surface area contributed by atoms with Gasteiger partial charge in [0.15, 0.2) is 17.2 Å². The molecule has 2 fully saturated rings. The van der Waals surface area contributed by atoms with Gasteiger partial charge in [0.1, 0.15) is 11.3 Å². The molecular weight excluding hydrogens is 560 g/mol. The number of carbonyl (C=O) groups is 2. The predicted molar refractivity (Wildman–Crippen MR) is 166 cm³/mol. The molecule has 2 amide bonds. The zero-order valence-electron chi connectivity index (χ0n) is 25.3. The van der Waals surface area contributed by atoms with Gasteiger partial charge in [0.05, 0.1) is 37.3 Å². The van der Waals surface area contributed by atoms with Gasteiger partial charge in [-0.05, 0) is 31.9 Å². The molecule has 11 heteroatoms. The molecule has 2 N–H and O–H groups in total. The minimum absolute atomic E-state index is 0.0459. The number of hydrogen-bond donors (Lipinski definition) is 2. The molecule has 2 aromatic carbocycles. The molecule has 1 unspecified atom stereocenters. The highest BCUT2D eigenvalue weighted by Crippen LogP contribution is 2.35. The number of hydrogen-bond acceptors (Lipinski definition) is 8. The van der Waals surface area contributed by atoms with Crippen LogP contribution in [-0.4, -0.2) is 76.4 Å². The third-order valence-corrected chi connectivity index (χ3v) is 8.51. The number of benzene rings is 2. The van der Waals surface area contributed by atoms with E-state index in [4.69, 9.17) is 18.9 Å². The maximum absolute atomic E-state index is 14.3. The molecule has 0 bridgehead atoms. The van der Waals surface area contributed by atoms with Crippen LogP contribution < -0.4 is 15.4 Å². The van der Waals surface area contributed by atoms with Crippen LogP contribution in [0, 0.1) is 6.92 Å². The first-order valence-electron chi connectivity index (χ1n) is 15.6. The lowest BCUT2D eigenvalue weighted by atomic mass is 9.89. The second-order valence-electron chi connectivity index (χ2n) is 11.4. The maximum Gasteiger partial charge on any atom is 0.407 e. The van der Waals surface area contributed by atoms with Crippen molar-refractivity contribution < 1.29 is 23.5 Å². The minimum Gasteiger partial charge on any atom is -0.493 e. The molecule has 1 aliphatic carbocycles. The third-order valence-electron chi connectivity index (χ3n) is 8.51. The summed E-state index contributed by atoms with van der Waals surface area (Å²) in [6.07, 6.45) is 5.77. The summed E-state index contributed by atoms with van der Waals surface area (Å²) in [5.41, 5.74) is 3.62. The van der Waals surface area contributed by atoms with Crippen molar-refractivity contribution in [1.82, 2.24) is 30.1 Å². The molecule has 4 aromatic rings. The number of aromatic nitrogens is 3. The topological polar surface area (TPSA) is 124 Å². The van der Waals surface area contributed by atoms with Crippen molar-refractivity contribution in [3.8, 4) is 17.0 Å². The van der Waals surface area contributed by atoms with Crippen molar-refractivity contribution in [3.05, 3.63) is 66.4 Å². The summed E-state index contributed by atoms with van der Waals surface area (Å²) in [7, 11) is 0. The van der Waals surface area contributed by atoms with Crippen molar-refractivity contribution in [2.75, 3.05) is 32.8 Å². The molecule has 0 radical (unpaired) electrons. The van der Waals surface area contributed by atoms with Gasteiger partial charge in [0.25, 0.3) is 5.91 Å². The van der Waals surface area contributed by atoms with E-state index in [1.54, 1.807) is 13.3 Å². The van der Waals surface area contributed by atoms with E-state index in [0.717, 1.165) is 53.8 Å². The number of ether oxygens (including phenoxy) is 2. The van der Waals surface area contributed by atoms with Crippen LogP contribution in [0.2, 0.25) is 0 Å². The van der Waals surface area contributed by atoms with Gasteiger partial charge in [0, 0.05) is 50.7 Å². The average molecular weight is 601 g/mol. The predicted octanol–water partition coefficient (Wildman–Crippen LogP) is 5.11. The molecule has 0 spiro atoms. The fourth-order valence-corrected chi connectivity index (χ4v) is 6.43. The van der Waals surface area contributed by atoms with E-state index < -0.39 is 6.09 Å². The highest BCUT2D eigenvalue weighted by molar-refractivity contribution is 5.98. The highest BCUT2D eigenvalue weighted by Gasteiger charge is 2.35. The molecule has 11 nitrogen and oxygen atoms in total. The number of piperazine rings is 1. The Balaban J connectivity index is 1.23. The van der Waals surface area contributed by atoms with Gasteiger partial charge in [-0.15, -0.1) is 0 Å². The standard InChI is InChI=1S/C33H40N6O5/c1-3-42-33(41)37-26-11-7-8-12-28(26)39-21-35-30(31(39)23-9-5-4-6-10-23)32(40)38-17-16-34-20-24(38)15-18-43-25-13-14-29-27(19-25)36-22(2)44-29/h4-6,9-10,13-14,19,21,24,26,28,34H,3,7-8,11-12,15-18,20H2,1-2H3,(H,37,41)/t24?,26-,28-/m0/s1. The lowest BCUT2D eigenvalue weighted by molar-refractivity contribution is 0.0601. The van der Waals surface area contributed by atoms with Crippen molar-refractivity contribution in [1.29, 1.82) is 0 Å². The first kappa shape index (κ1) is 29.7. The third kappa shape index (κ3) is 6.42. The molecule has 232 valence electrons. The first-order chi connectivity index (χ1) is 21.5. The Labute approximate surface area is 256 Å². The Bertz CT molecular complexity index is 1580. The number of aryl methyl sites for hydroxylation is 1. The SMILES string of the molecule is CCOC(=O)N[C@H]1CCCC[C@@H]1n1cnc(C(=O)N2CCNCC2CCOc2ccc3oc(C)nc3c2)c1-c1ccccc1. The van der Waals surface area contributed by atoms with Gasteiger partial charge in [-0.25, -0.2) is 14.8 Å². The van der Waals surface area contributed by atoms with Crippen LogP contribution in [0.1, 0.15) is 61.4 Å². The quantitative estimate of drug-likeness (QED) is 0.272. The number of fused-ring (bicyclic) bond motifs is 1. The fourth-order valence-electron chi connectivity index (χ4n) is 6.43. The lowest BCUT2D eigenvalue weighted by Crippen LogP contribution is -2.54. The Hall–Kier alpha value is -4.38. The lowest BCUT2D eigenvalue weighted by Gasteiger charge is -2.36. The van der Waals surface area contributed by atoms with E-state index in [0.29, 0.717) is 50.9 Å². The maximum atomic E-state index is 14.3. The fraction of sp³-hybridized carbons (Fsp3) is 0.455. The first-order valence-corrected chi connectivity index (χ1v) is 15.6. The van der Waals surface area contributed by atoms with Gasteiger partial charge < -0.3 is 34.0 Å². The number of carbonyl (C=O) groups excluding carboxylic acids is 2. The van der Waals surface area contributed by atoms with Gasteiger partial charge in [-0.2, -0.15) is 0 Å². The van der Waals surface area contributed by atoms with Gasteiger partial charge >= 0.3 is 6.09 Å². The van der Waals surface area contributed by atoms with E-state index in [-0.39, 0.29) is 24.0 Å². The number of amides is 2. The number of alkyl carbamates (subject to hydrolysis) is 1. The molecule has 3 atom stereocenters. The van der Waals surface area contributed by atoms with Crippen LogP contribution in [-0.2, 0) is 4.74 Å². The van der Waals surface area contributed by atoms with Crippen molar-refractivity contribution in [3.63, 3.8) is 0 Å². The Kier molecular flexibility index (Phi) is 9.11. The van der Waals surface area contributed by atoms with E-state index in [1.165, 1.54) is 0 Å². The second kappa shape index (κ2) is 13.5. The van der Waals surface area contributed by atoms with E-state index in [9.17, 15) is 9.59 Å². The number of imidazole rings is 1. The summed E-state index contributed by atoms with van der Waals surface area (Å²) in [5.74, 6) is 1.24. The Morgan fingerprint density at radius 3 is 2.82 bits per heavy atom. The largest absolute Gasteiger partial charge is 0.493 e. The summed E-state index contributed by atoms with van der Waals surface area (Å²) in [4.78, 5) is 37.8. The van der Waals surface area contributed by atoms with Crippen LogP contribution in [0.25, 0.3) is 22.4 Å². The molecular formula is C33H40N6O5. The molecule has 6 rings (SSSR count). The summed E-state index contributed by atoms with van der Waals surface area (Å²) >= 11 is 0. The van der Waals surface area contributed by atoms with Crippen LogP contribution in [0.15, 0.2) is 59.3 Å². The average Bonchev–Trinajstić information content (AvgIpc) is 3.64. The zero-order chi connectivity index (χ0) is 30.5. The van der Waals surface area contributed by atoms with Crippen molar-refractivity contribution in [2.45, 2.75) is 64.1 Å². The van der Waals surface area contributed by atoms with Crippen LogP contribution in [0.4, 0.5) is 4.79 Å². The van der Waals surface area contributed by atoms with Crippen LogP contribution >= 0.6 is 0 Å². The highest BCUT2D eigenvalue weighted by atomic mass is 16.5. The molecule has 1 aliphatic heterocycles. The normalized spacial score (nSPS) is 20.4. The molecule has 2 aromatic heterocycles. The van der Waals surface area contributed by atoms with Gasteiger partial charge in [0.2, 0.25) is 0 Å². The number of oxazole rings is 1. The smallest absolute Gasteiger partial charge is 0.407 e. The molecule has 1 saturated carbocycles. The number of nitrogens with one attached hydrogen (secondary N) is 2. The molecule has 1 saturated heterocycles. The zero-order valence-corrected chi connectivity index (χ0v) is 25.3. The molecule has 3 heterocycles. The van der Waals surface area contributed by atoms with E-state index >= 15 is 0 Å². The number of rotatable bonds is 9. The van der Waals surface area contributed by atoms with Crippen LogP contribution in [0.3, 0.4) is 0 Å². The Morgan fingerprint density at radius 1 is 1.14 bits per heavy atom.